The molecule has 70 heavy (non-hydrogen) atoms. The quantitative estimate of drug-likeness (QED) is 0.156. The summed E-state index contributed by atoms with van der Waals surface area (Å²) in [6, 6.07) is 86.5. The van der Waals surface area contributed by atoms with Gasteiger partial charge in [-0.1, -0.05) is 206 Å². The highest BCUT2D eigenvalue weighted by Crippen LogP contribution is 2.44. The van der Waals surface area contributed by atoms with Crippen molar-refractivity contribution >= 4 is 76.1 Å². The molecule has 0 amide bonds. The van der Waals surface area contributed by atoms with Gasteiger partial charge in [0.15, 0.2) is 5.82 Å². The van der Waals surface area contributed by atoms with Gasteiger partial charge in [-0.2, -0.15) is 0 Å². The maximum Gasteiger partial charge on any atom is 0.160 e. The van der Waals surface area contributed by atoms with Gasteiger partial charge in [0, 0.05) is 54.7 Å². The molecule has 3 heterocycles. The molecule has 0 aliphatic heterocycles. The maximum atomic E-state index is 5.62. The van der Waals surface area contributed by atoms with Crippen molar-refractivity contribution in [2.24, 2.45) is 0 Å². The van der Waals surface area contributed by atoms with Crippen LogP contribution < -0.4 is 0 Å². The van der Waals surface area contributed by atoms with Crippen LogP contribution in [0, 0.1) is 0 Å². The van der Waals surface area contributed by atoms with E-state index in [2.05, 4.69) is 243 Å². The first-order chi connectivity index (χ1) is 34.7. The topological polar surface area (TPSA) is 51.6 Å². The van der Waals surface area contributed by atoms with Crippen molar-refractivity contribution in [2.75, 3.05) is 0 Å². The minimum Gasteiger partial charge on any atom is -0.248 e. The van der Waals surface area contributed by atoms with Gasteiger partial charge in [-0.15, -0.1) is 0 Å². The zero-order valence-corrected chi connectivity index (χ0v) is 37.9. The van der Waals surface area contributed by atoms with E-state index in [4.69, 9.17) is 19.9 Å². The largest absolute Gasteiger partial charge is 0.248 e. The number of aromatic nitrogens is 4. The summed E-state index contributed by atoms with van der Waals surface area (Å²) < 4.78 is 0. The second-order valence-electron chi connectivity index (χ2n) is 18.1. The third-order valence-electron chi connectivity index (χ3n) is 14.0. The maximum absolute atomic E-state index is 5.62. The van der Waals surface area contributed by atoms with E-state index in [1.165, 1.54) is 32.7 Å². The summed E-state index contributed by atoms with van der Waals surface area (Å²) in [5.74, 6) is 0.660. The van der Waals surface area contributed by atoms with Gasteiger partial charge in [-0.25, -0.2) is 19.9 Å². The van der Waals surface area contributed by atoms with E-state index in [9.17, 15) is 0 Å². The predicted octanol–water partition coefficient (Wildman–Crippen LogP) is 17.3. The lowest BCUT2D eigenvalue weighted by Gasteiger charge is -2.18. The smallest absolute Gasteiger partial charge is 0.160 e. The Morgan fingerprint density at radius 3 is 1.14 bits per heavy atom. The molecule has 324 valence electrons. The van der Waals surface area contributed by atoms with Crippen molar-refractivity contribution in [1.29, 1.82) is 0 Å². The van der Waals surface area contributed by atoms with Gasteiger partial charge in [0.2, 0.25) is 0 Å². The zero-order valence-electron chi connectivity index (χ0n) is 37.9. The van der Waals surface area contributed by atoms with E-state index >= 15 is 0 Å². The molecule has 0 saturated carbocycles. The Bertz CT molecular complexity index is 4290. The number of hydrogen-bond donors (Lipinski definition) is 0. The summed E-state index contributed by atoms with van der Waals surface area (Å²) in [4.78, 5) is 21.3. The lowest BCUT2D eigenvalue weighted by atomic mass is 9.89. The van der Waals surface area contributed by atoms with Crippen LogP contribution in [0.5, 0.6) is 0 Å². The normalized spacial score (nSPS) is 11.7. The Kier molecular flexibility index (Phi) is 9.17. The number of hydrogen-bond acceptors (Lipinski definition) is 4. The fourth-order valence-electron chi connectivity index (χ4n) is 10.8. The Morgan fingerprint density at radius 2 is 0.629 bits per heavy atom. The first-order valence-corrected chi connectivity index (χ1v) is 23.8. The summed E-state index contributed by atoms with van der Waals surface area (Å²) in [5, 5.41) is 10.2. The molecular weight excluding hydrogens is 849 g/mol. The summed E-state index contributed by atoms with van der Waals surface area (Å²) in [7, 11) is 0. The Hall–Kier alpha value is -9.38. The molecule has 0 spiro atoms. The zero-order chi connectivity index (χ0) is 46.1. The SMILES string of the molecule is c1ccc2c(-c3cc(-c4cccc5ccccc45)c4nc(-c5ccc(-c6c7ccccc7nc7ccccc67)cc5)nc(-c5ccc(-c6c7ccccc7nc7ccccc67)cc5)c4c3)cccc2c1. The van der Waals surface area contributed by atoms with Crippen molar-refractivity contribution in [2.45, 2.75) is 0 Å². The first kappa shape index (κ1) is 39.8. The first-order valence-electron chi connectivity index (χ1n) is 23.8. The average Bonchev–Trinajstić information content (AvgIpc) is 3.43. The van der Waals surface area contributed by atoms with Crippen LogP contribution in [-0.2, 0) is 0 Å². The minimum absolute atomic E-state index is 0.660. The predicted molar refractivity (Wildman–Crippen MR) is 293 cm³/mol. The van der Waals surface area contributed by atoms with Crippen LogP contribution in [0.1, 0.15) is 0 Å². The average molecular weight is 889 g/mol. The van der Waals surface area contributed by atoms with Gasteiger partial charge in [-0.05, 0) is 85.8 Å². The van der Waals surface area contributed by atoms with Crippen LogP contribution in [0.2, 0.25) is 0 Å². The summed E-state index contributed by atoms with van der Waals surface area (Å²) in [6.45, 7) is 0. The van der Waals surface area contributed by atoms with Crippen LogP contribution in [0.25, 0.3) is 143 Å². The number of benzene rings is 11. The van der Waals surface area contributed by atoms with Gasteiger partial charge in [0.05, 0.1) is 33.3 Å². The van der Waals surface area contributed by atoms with Crippen LogP contribution in [0.3, 0.4) is 0 Å². The molecule has 0 atom stereocenters. The highest BCUT2D eigenvalue weighted by molar-refractivity contribution is 6.13. The van der Waals surface area contributed by atoms with Gasteiger partial charge in [-0.3, -0.25) is 0 Å². The molecule has 0 saturated heterocycles. The number of pyridine rings is 2. The van der Waals surface area contributed by atoms with E-state index < -0.39 is 0 Å². The van der Waals surface area contributed by atoms with Crippen molar-refractivity contribution < 1.29 is 0 Å². The molecule has 14 aromatic rings. The molecule has 0 fully saturated rings. The minimum atomic E-state index is 0.660. The van der Waals surface area contributed by atoms with Crippen molar-refractivity contribution in [3.05, 3.63) is 243 Å². The van der Waals surface area contributed by atoms with Crippen LogP contribution >= 0.6 is 0 Å². The molecular formula is C66H40N4. The molecule has 0 N–H and O–H groups in total. The van der Waals surface area contributed by atoms with E-state index in [-0.39, 0.29) is 0 Å². The van der Waals surface area contributed by atoms with E-state index in [0.29, 0.717) is 5.82 Å². The van der Waals surface area contributed by atoms with E-state index in [1.54, 1.807) is 0 Å². The molecule has 4 nitrogen and oxygen atoms in total. The number of fused-ring (bicyclic) bond motifs is 7. The van der Waals surface area contributed by atoms with Gasteiger partial charge >= 0.3 is 0 Å². The lowest BCUT2D eigenvalue weighted by Crippen LogP contribution is -1.98. The summed E-state index contributed by atoms with van der Waals surface area (Å²) in [6.07, 6.45) is 0. The van der Waals surface area contributed by atoms with Crippen LogP contribution in [-0.4, -0.2) is 19.9 Å². The third kappa shape index (κ3) is 6.53. The van der Waals surface area contributed by atoms with Gasteiger partial charge in [0.1, 0.15) is 0 Å². The van der Waals surface area contributed by atoms with Crippen LogP contribution in [0.4, 0.5) is 0 Å². The molecule has 0 aliphatic rings. The number of rotatable bonds is 6. The van der Waals surface area contributed by atoms with E-state index in [1.807, 2.05) is 0 Å². The molecule has 0 radical (unpaired) electrons. The van der Waals surface area contributed by atoms with E-state index in [0.717, 1.165) is 105 Å². The fraction of sp³-hybridized carbons (Fsp3) is 0. The Balaban J connectivity index is 1.03. The summed E-state index contributed by atoms with van der Waals surface area (Å²) >= 11 is 0. The Labute approximate surface area is 403 Å². The Morgan fingerprint density at radius 1 is 0.229 bits per heavy atom. The van der Waals surface area contributed by atoms with Crippen molar-refractivity contribution in [1.82, 2.24) is 19.9 Å². The van der Waals surface area contributed by atoms with Crippen molar-refractivity contribution in [3.63, 3.8) is 0 Å². The molecule has 0 unspecified atom stereocenters. The molecule has 0 bridgehead atoms. The molecule has 4 heteroatoms. The molecule has 0 aliphatic carbocycles. The molecule has 14 rings (SSSR count). The van der Waals surface area contributed by atoms with Gasteiger partial charge in [0.25, 0.3) is 0 Å². The highest BCUT2D eigenvalue weighted by Gasteiger charge is 2.21. The lowest BCUT2D eigenvalue weighted by molar-refractivity contribution is 1.23. The van der Waals surface area contributed by atoms with Gasteiger partial charge < -0.3 is 0 Å². The third-order valence-corrected chi connectivity index (χ3v) is 14.0. The number of para-hydroxylation sites is 4. The highest BCUT2D eigenvalue weighted by atomic mass is 14.9. The number of nitrogens with zero attached hydrogens (tertiary/aromatic N) is 4. The second-order valence-corrected chi connectivity index (χ2v) is 18.1. The van der Waals surface area contributed by atoms with Crippen molar-refractivity contribution in [3.8, 4) is 67.2 Å². The molecule has 11 aromatic carbocycles. The summed E-state index contributed by atoms with van der Waals surface area (Å²) in [5.41, 5.74) is 16.6. The fourth-order valence-corrected chi connectivity index (χ4v) is 10.8. The standard InChI is InChI=1S/C66H40N4/c1-3-19-48-41(15-1)17-13-25-50(48)47-39-56(51-26-14-18-42-16-2-4-20-49(42)51)65-57(40-47)64(45-35-31-43(32-36-45)62-52-21-5-9-27-58(52)67-59-28-10-6-22-53(59)62)69-66(70-65)46-37-33-44(34-38-46)63-54-23-7-11-29-60(54)68-61-30-12-8-24-55(61)63/h1-40H. The van der Waals surface area contributed by atoms with Crippen LogP contribution in [0.15, 0.2) is 243 Å². The monoisotopic (exact) mass is 888 g/mol. The second kappa shape index (κ2) is 16.2. The molecule has 3 aromatic heterocycles.